The first-order valence-corrected chi connectivity index (χ1v) is 9.45. The Hall–Kier alpha value is -2.11. The molecule has 5 heteroatoms. The van der Waals surface area contributed by atoms with Gasteiger partial charge in [0.15, 0.2) is 5.16 Å². The lowest BCUT2D eigenvalue weighted by molar-refractivity contribution is 0.371. The predicted molar refractivity (Wildman–Crippen MR) is 105 cm³/mol. The molecule has 0 spiro atoms. The van der Waals surface area contributed by atoms with Gasteiger partial charge in [-0.05, 0) is 38.2 Å². The van der Waals surface area contributed by atoms with Crippen molar-refractivity contribution in [3.8, 4) is 0 Å². The molecule has 0 bridgehead atoms. The van der Waals surface area contributed by atoms with Crippen LogP contribution in [0.25, 0.3) is 10.9 Å². The van der Waals surface area contributed by atoms with E-state index in [1.54, 1.807) is 11.8 Å². The molecule has 0 saturated carbocycles. The van der Waals surface area contributed by atoms with Gasteiger partial charge < -0.3 is 4.90 Å². The van der Waals surface area contributed by atoms with E-state index in [0.717, 1.165) is 29.4 Å². The van der Waals surface area contributed by atoms with Gasteiger partial charge in [0.05, 0.1) is 10.9 Å². The highest BCUT2D eigenvalue weighted by molar-refractivity contribution is 7.99. The lowest BCUT2D eigenvalue weighted by Crippen LogP contribution is -2.28. The van der Waals surface area contributed by atoms with Crippen molar-refractivity contribution in [3.05, 3.63) is 70.5 Å². The van der Waals surface area contributed by atoms with E-state index in [-0.39, 0.29) is 5.56 Å². The average molecular weight is 353 g/mol. The van der Waals surface area contributed by atoms with Crippen LogP contribution in [0.2, 0.25) is 0 Å². The zero-order valence-electron chi connectivity index (χ0n) is 14.7. The summed E-state index contributed by atoms with van der Waals surface area (Å²) in [6.45, 7) is 1.46. The van der Waals surface area contributed by atoms with Crippen LogP contribution in [0.4, 0.5) is 0 Å². The number of benzene rings is 2. The van der Waals surface area contributed by atoms with Crippen LogP contribution in [0.1, 0.15) is 5.56 Å². The van der Waals surface area contributed by atoms with E-state index in [1.165, 1.54) is 5.56 Å². The third-order valence-corrected chi connectivity index (χ3v) is 5.04. The molecule has 0 aliphatic heterocycles. The second-order valence-electron chi connectivity index (χ2n) is 6.26. The first-order valence-electron chi connectivity index (χ1n) is 8.46. The maximum atomic E-state index is 12.9. The molecule has 0 unspecified atom stereocenters. The summed E-state index contributed by atoms with van der Waals surface area (Å²) >= 11 is 1.66. The normalized spacial score (nSPS) is 11.3. The quantitative estimate of drug-likeness (QED) is 0.483. The summed E-state index contributed by atoms with van der Waals surface area (Å²) in [7, 11) is 4.03. The van der Waals surface area contributed by atoms with Crippen LogP contribution in [-0.2, 0) is 13.0 Å². The van der Waals surface area contributed by atoms with Gasteiger partial charge in [-0.1, -0.05) is 54.2 Å². The van der Waals surface area contributed by atoms with Crippen molar-refractivity contribution < 1.29 is 0 Å². The number of likely N-dealkylation sites (N-methyl/N-ethyl adjacent to an activating group) is 1. The van der Waals surface area contributed by atoms with E-state index in [2.05, 4.69) is 29.2 Å². The largest absolute Gasteiger partial charge is 0.308 e. The minimum atomic E-state index is 0.0506. The first-order chi connectivity index (χ1) is 12.1. The number of thioether (sulfide) groups is 1. The second kappa shape index (κ2) is 8.32. The SMILES string of the molecule is CN(C)CCn1c(SCCc2ccccc2)nc2ccccc2c1=O. The number of hydrogen-bond donors (Lipinski definition) is 0. The average Bonchev–Trinajstić information content (AvgIpc) is 2.62. The van der Waals surface area contributed by atoms with Gasteiger partial charge in [-0.3, -0.25) is 9.36 Å². The number of fused-ring (bicyclic) bond motifs is 1. The maximum absolute atomic E-state index is 12.9. The summed E-state index contributed by atoms with van der Waals surface area (Å²) in [5.41, 5.74) is 2.13. The highest BCUT2D eigenvalue weighted by atomic mass is 32.2. The van der Waals surface area contributed by atoms with Crippen molar-refractivity contribution in [1.29, 1.82) is 0 Å². The van der Waals surface area contributed by atoms with Gasteiger partial charge in [0.25, 0.3) is 5.56 Å². The number of aromatic nitrogens is 2. The zero-order chi connectivity index (χ0) is 17.6. The van der Waals surface area contributed by atoms with Crippen molar-refractivity contribution in [2.24, 2.45) is 0 Å². The van der Waals surface area contributed by atoms with Crippen LogP contribution in [0.15, 0.2) is 64.5 Å². The Morgan fingerprint density at radius 2 is 1.76 bits per heavy atom. The maximum Gasteiger partial charge on any atom is 0.262 e. The van der Waals surface area contributed by atoms with Crippen molar-refractivity contribution >= 4 is 22.7 Å². The molecular formula is C20H23N3OS. The Balaban J connectivity index is 1.86. The third kappa shape index (κ3) is 4.50. The minimum Gasteiger partial charge on any atom is -0.308 e. The molecule has 25 heavy (non-hydrogen) atoms. The molecule has 3 aromatic rings. The highest BCUT2D eigenvalue weighted by Gasteiger charge is 2.11. The second-order valence-corrected chi connectivity index (χ2v) is 7.32. The fraction of sp³-hybridized carbons (Fsp3) is 0.300. The fourth-order valence-electron chi connectivity index (χ4n) is 2.66. The van der Waals surface area contributed by atoms with E-state index in [4.69, 9.17) is 4.98 Å². The van der Waals surface area contributed by atoms with Gasteiger partial charge in [-0.2, -0.15) is 0 Å². The van der Waals surface area contributed by atoms with Crippen LogP contribution < -0.4 is 5.56 Å². The third-order valence-electron chi connectivity index (χ3n) is 4.06. The molecule has 0 aliphatic rings. The lowest BCUT2D eigenvalue weighted by atomic mass is 10.2. The Kier molecular flexibility index (Phi) is 5.89. The standard InChI is InChI=1S/C20H23N3OS/c1-22(2)13-14-23-19(24)17-10-6-7-11-18(17)21-20(23)25-15-12-16-8-4-3-5-9-16/h3-11H,12-15H2,1-2H3. The molecule has 0 saturated heterocycles. The summed E-state index contributed by atoms with van der Waals surface area (Å²) < 4.78 is 1.82. The molecule has 0 aliphatic carbocycles. The molecule has 0 atom stereocenters. The molecule has 3 rings (SSSR count). The molecule has 1 aromatic heterocycles. The Labute approximate surface area is 152 Å². The summed E-state index contributed by atoms with van der Waals surface area (Å²) in [4.78, 5) is 19.7. The Morgan fingerprint density at radius 3 is 2.52 bits per heavy atom. The monoisotopic (exact) mass is 353 g/mol. The Morgan fingerprint density at radius 1 is 1.04 bits per heavy atom. The number of rotatable bonds is 7. The zero-order valence-corrected chi connectivity index (χ0v) is 15.5. The number of hydrogen-bond acceptors (Lipinski definition) is 4. The predicted octanol–water partition coefficient (Wildman–Crippen LogP) is 3.29. The van der Waals surface area contributed by atoms with E-state index >= 15 is 0 Å². The molecule has 2 aromatic carbocycles. The van der Waals surface area contributed by atoms with Crippen LogP contribution in [0.3, 0.4) is 0 Å². The molecule has 0 radical (unpaired) electrons. The minimum absolute atomic E-state index is 0.0506. The van der Waals surface area contributed by atoms with Gasteiger partial charge in [0.1, 0.15) is 0 Å². The van der Waals surface area contributed by atoms with E-state index in [0.29, 0.717) is 11.9 Å². The summed E-state index contributed by atoms with van der Waals surface area (Å²) in [6.07, 6.45) is 0.960. The van der Waals surface area contributed by atoms with Crippen LogP contribution in [0.5, 0.6) is 0 Å². The molecule has 4 nitrogen and oxygen atoms in total. The fourth-order valence-corrected chi connectivity index (χ4v) is 3.67. The Bertz CT molecular complexity index is 890. The molecule has 0 fully saturated rings. The number of para-hydroxylation sites is 1. The molecule has 1 heterocycles. The van der Waals surface area contributed by atoms with Crippen molar-refractivity contribution in [2.75, 3.05) is 26.4 Å². The molecule has 0 amide bonds. The van der Waals surface area contributed by atoms with E-state index in [1.807, 2.05) is 49.0 Å². The molecule has 130 valence electrons. The highest BCUT2D eigenvalue weighted by Crippen LogP contribution is 2.19. The van der Waals surface area contributed by atoms with Gasteiger partial charge in [-0.15, -0.1) is 0 Å². The summed E-state index contributed by atoms with van der Waals surface area (Å²) in [5.74, 6) is 0.900. The van der Waals surface area contributed by atoms with Crippen LogP contribution >= 0.6 is 11.8 Å². The summed E-state index contributed by atoms with van der Waals surface area (Å²) in [6, 6.07) is 18.0. The topological polar surface area (TPSA) is 38.1 Å². The first kappa shape index (κ1) is 17.7. The van der Waals surface area contributed by atoms with Gasteiger partial charge in [0, 0.05) is 18.8 Å². The van der Waals surface area contributed by atoms with Gasteiger partial charge in [0.2, 0.25) is 0 Å². The van der Waals surface area contributed by atoms with Gasteiger partial charge >= 0.3 is 0 Å². The van der Waals surface area contributed by atoms with E-state index < -0.39 is 0 Å². The lowest BCUT2D eigenvalue weighted by Gasteiger charge is -2.15. The van der Waals surface area contributed by atoms with Gasteiger partial charge in [-0.25, -0.2) is 4.98 Å². The summed E-state index contributed by atoms with van der Waals surface area (Å²) in [5, 5.41) is 1.50. The van der Waals surface area contributed by atoms with Crippen molar-refractivity contribution in [1.82, 2.24) is 14.5 Å². The van der Waals surface area contributed by atoms with Crippen molar-refractivity contribution in [3.63, 3.8) is 0 Å². The number of nitrogens with zero attached hydrogens (tertiary/aromatic N) is 3. The van der Waals surface area contributed by atoms with Crippen molar-refractivity contribution in [2.45, 2.75) is 18.1 Å². The van der Waals surface area contributed by atoms with Crippen LogP contribution in [-0.4, -0.2) is 40.8 Å². The smallest absolute Gasteiger partial charge is 0.262 e. The van der Waals surface area contributed by atoms with E-state index in [9.17, 15) is 4.79 Å². The number of aryl methyl sites for hydroxylation is 1. The van der Waals surface area contributed by atoms with Crippen LogP contribution in [0, 0.1) is 0 Å². The molecule has 0 N–H and O–H groups in total. The molecular weight excluding hydrogens is 330 g/mol.